The van der Waals surface area contributed by atoms with Gasteiger partial charge in [-0.25, -0.2) is 0 Å². The maximum atomic E-state index is 9.89. The second kappa shape index (κ2) is 8.22. The third-order valence-electron chi connectivity index (χ3n) is 5.81. The molecule has 0 aliphatic carbocycles. The van der Waals surface area contributed by atoms with E-state index in [1.807, 2.05) is 6.07 Å². The molecule has 152 valence electrons. The summed E-state index contributed by atoms with van der Waals surface area (Å²) in [5.74, 6) is 0.848. The van der Waals surface area contributed by atoms with Gasteiger partial charge < -0.3 is 10.5 Å². The van der Waals surface area contributed by atoms with Crippen LogP contribution in [-0.4, -0.2) is 24.5 Å². The number of benzene rings is 2. The van der Waals surface area contributed by atoms with E-state index in [0.717, 1.165) is 53.2 Å². The first-order chi connectivity index (χ1) is 14.5. The molecule has 0 bridgehead atoms. The van der Waals surface area contributed by atoms with E-state index in [-0.39, 0.29) is 11.8 Å². The molecule has 4 nitrogen and oxygen atoms in total. The van der Waals surface area contributed by atoms with Gasteiger partial charge in [0.15, 0.2) is 0 Å². The number of aryl methyl sites for hydroxylation is 2. The number of likely N-dealkylation sites (N-methyl/N-ethyl adjacent to an activating group) is 1. The fourth-order valence-corrected chi connectivity index (χ4v) is 4.36. The van der Waals surface area contributed by atoms with E-state index < -0.39 is 0 Å². The Morgan fingerprint density at radius 2 is 1.87 bits per heavy atom. The molecule has 0 unspecified atom stereocenters. The van der Waals surface area contributed by atoms with Crippen LogP contribution < -0.4 is 5.73 Å². The first-order valence-electron chi connectivity index (χ1n) is 10.4. The lowest BCUT2D eigenvalue weighted by atomic mass is 9.80. The summed E-state index contributed by atoms with van der Waals surface area (Å²) in [6.45, 7) is 8.80. The molecule has 2 heterocycles. The molecule has 30 heavy (non-hydrogen) atoms. The van der Waals surface area contributed by atoms with E-state index in [1.54, 1.807) is 0 Å². The quantitative estimate of drug-likeness (QED) is 0.809. The Hall–Kier alpha value is -3.29. The molecule has 0 radical (unpaired) electrons. The first kappa shape index (κ1) is 20.0. The minimum atomic E-state index is -0.186. The minimum Gasteiger partial charge on any atom is -0.440 e. The van der Waals surface area contributed by atoms with E-state index in [2.05, 4.69) is 80.3 Å². The van der Waals surface area contributed by atoms with Crippen LogP contribution in [0.3, 0.4) is 0 Å². The number of hydrogen-bond acceptors (Lipinski definition) is 4. The highest BCUT2D eigenvalue weighted by atomic mass is 16.5. The number of nitriles is 1. The highest BCUT2D eigenvalue weighted by Crippen LogP contribution is 2.43. The third-order valence-corrected chi connectivity index (χ3v) is 5.81. The minimum absolute atomic E-state index is 0.186. The van der Waals surface area contributed by atoms with Gasteiger partial charge in [0.1, 0.15) is 17.4 Å². The molecule has 2 aliphatic rings. The lowest BCUT2D eigenvalue weighted by molar-refractivity contribution is 0.239. The Kier molecular flexibility index (Phi) is 5.48. The largest absolute Gasteiger partial charge is 0.440 e. The molecule has 0 saturated carbocycles. The van der Waals surface area contributed by atoms with Crippen LogP contribution in [0.5, 0.6) is 0 Å². The summed E-state index contributed by atoms with van der Waals surface area (Å²) in [7, 11) is 0. The second-order valence-corrected chi connectivity index (χ2v) is 8.08. The standard InChI is InChI=1S/C26H27N3O/c1-4-29-15-21(13-19-9-5-7-17(2)11-19)25-23(16-29)24(22(14-27)26(28)30-25)20-10-6-8-18(3)12-20/h5-13,24H,4,15-16,28H2,1-3H3/b21-13-/t24-/m0/s1. The maximum absolute atomic E-state index is 9.89. The molecule has 2 N–H and O–H groups in total. The molecule has 0 spiro atoms. The summed E-state index contributed by atoms with van der Waals surface area (Å²) in [4.78, 5) is 2.38. The normalized spacial score (nSPS) is 20.7. The Balaban J connectivity index is 1.89. The van der Waals surface area contributed by atoms with E-state index in [9.17, 15) is 5.26 Å². The number of rotatable bonds is 3. The van der Waals surface area contributed by atoms with E-state index >= 15 is 0 Å². The van der Waals surface area contributed by atoms with Gasteiger partial charge in [-0.3, -0.25) is 4.90 Å². The van der Waals surface area contributed by atoms with Gasteiger partial charge in [-0.05, 0) is 43.2 Å². The average Bonchev–Trinajstić information content (AvgIpc) is 2.73. The summed E-state index contributed by atoms with van der Waals surface area (Å²) in [5, 5.41) is 9.89. The van der Waals surface area contributed by atoms with Crippen molar-refractivity contribution in [1.29, 1.82) is 5.26 Å². The Bertz CT molecular complexity index is 1120. The molecule has 0 aromatic heterocycles. The molecule has 0 amide bonds. The van der Waals surface area contributed by atoms with E-state index in [4.69, 9.17) is 10.5 Å². The molecular weight excluding hydrogens is 370 g/mol. The molecule has 0 fully saturated rings. The van der Waals surface area contributed by atoms with Crippen LogP contribution in [0, 0.1) is 25.2 Å². The Morgan fingerprint density at radius 1 is 1.13 bits per heavy atom. The zero-order valence-corrected chi connectivity index (χ0v) is 17.8. The predicted molar refractivity (Wildman–Crippen MR) is 120 cm³/mol. The van der Waals surface area contributed by atoms with Crippen molar-refractivity contribution in [2.24, 2.45) is 5.73 Å². The Labute approximate surface area is 178 Å². The average molecular weight is 398 g/mol. The third kappa shape index (κ3) is 3.77. The zero-order valence-electron chi connectivity index (χ0n) is 17.8. The lowest BCUT2D eigenvalue weighted by Gasteiger charge is -2.38. The number of ether oxygens (including phenoxy) is 1. The van der Waals surface area contributed by atoms with Crippen LogP contribution in [0.1, 0.15) is 35.1 Å². The number of nitrogens with two attached hydrogens (primary N) is 1. The molecular formula is C26H27N3O. The molecule has 4 heteroatoms. The monoisotopic (exact) mass is 397 g/mol. The van der Waals surface area contributed by atoms with Crippen molar-refractivity contribution >= 4 is 6.08 Å². The summed E-state index contributed by atoms with van der Waals surface area (Å²) < 4.78 is 6.10. The van der Waals surface area contributed by atoms with Crippen LogP contribution in [-0.2, 0) is 4.74 Å². The van der Waals surface area contributed by atoms with Crippen molar-refractivity contribution < 1.29 is 4.74 Å². The lowest BCUT2D eigenvalue weighted by Crippen LogP contribution is -2.38. The fraction of sp³-hybridized carbons (Fsp3) is 0.269. The summed E-state index contributed by atoms with van der Waals surface area (Å²) in [6.07, 6.45) is 2.18. The van der Waals surface area contributed by atoms with Crippen molar-refractivity contribution in [1.82, 2.24) is 4.90 Å². The maximum Gasteiger partial charge on any atom is 0.205 e. The van der Waals surface area contributed by atoms with Crippen LogP contribution in [0.2, 0.25) is 0 Å². The van der Waals surface area contributed by atoms with Gasteiger partial charge >= 0.3 is 0 Å². The van der Waals surface area contributed by atoms with Gasteiger partial charge in [0.05, 0.1) is 5.92 Å². The molecule has 2 aliphatic heterocycles. The van der Waals surface area contributed by atoms with Gasteiger partial charge in [0, 0.05) is 18.7 Å². The molecule has 2 aromatic rings. The predicted octanol–water partition coefficient (Wildman–Crippen LogP) is 4.78. The zero-order chi connectivity index (χ0) is 21.3. The van der Waals surface area contributed by atoms with Crippen LogP contribution in [0.4, 0.5) is 0 Å². The van der Waals surface area contributed by atoms with Crippen LogP contribution in [0.15, 0.2) is 76.9 Å². The van der Waals surface area contributed by atoms with E-state index in [0.29, 0.717) is 5.57 Å². The van der Waals surface area contributed by atoms with Gasteiger partial charge in [-0.2, -0.15) is 5.26 Å². The van der Waals surface area contributed by atoms with Crippen molar-refractivity contribution in [3.8, 4) is 6.07 Å². The second-order valence-electron chi connectivity index (χ2n) is 8.08. The summed E-state index contributed by atoms with van der Waals surface area (Å²) in [5.41, 5.74) is 13.6. The fourth-order valence-electron chi connectivity index (χ4n) is 4.36. The van der Waals surface area contributed by atoms with Crippen molar-refractivity contribution in [3.05, 3.63) is 99.1 Å². The number of hydrogen-bond donors (Lipinski definition) is 1. The Morgan fingerprint density at radius 3 is 2.53 bits per heavy atom. The smallest absolute Gasteiger partial charge is 0.205 e. The van der Waals surface area contributed by atoms with Crippen molar-refractivity contribution in [3.63, 3.8) is 0 Å². The highest BCUT2D eigenvalue weighted by Gasteiger charge is 2.37. The summed E-state index contributed by atoms with van der Waals surface area (Å²) in [6, 6.07) is 19.1. The summed E-state index contributed by atoms with van der Waals surface area (Å²) >= 11 is 0. The molecule has 2 aromatic carbocycles. The topological polar surface area (TPSA) is 62.3 Å². The van der Waals surface area contributed by atoms with E-state index in [1.165, 1.54) is 5.56 Å². The SMILES string of the molecule is CCN1CC2=C(OC(N)=C(C#N)[C@@H]2c2cccc(C)c2)/C(=C\c2cccc(C)c2)C1. The molecule has 0 saturated heterocycles. The molecule has 4 rings (SSSR count). The highest BCUT2D eigenvalue weighted by molar-refractivity contribution is 5.63. The van der Waals surface area contributed by atoms with Crippen LogP contribution in [0.25, 0.3) is 6.08 Å². The molecule has 1 atom stereocenters. The van der Waals surface area contributed by atoms with Crippen molar-refractivity contribution in [2.45, 2.75) is 26.7 Å². The van der Waals surface area contributed by atoms with Gasteiger partial charge in [-0.1, -0.05) is 66.6 Å². The van der Waals surface area contributed by atoms with Gasteiger partial charge in [0.2, 0.25) is 5.88 Å². The van der Waals surface area contributed by atoms with Gasteiger partial charge in [-0.15, -0.1) is 0 Å². The number of allylic oxidation sites excluding steroid dienone is 1. The van der Waals surface area contributed by atoms with Crippen LogP contribution >= 0.6 is 0 Å². The number of nitrogens with zero attached hydrogens (tertiary/aromatic N) is 2. The van der Waals surface area contributed by atoms with Gasteiger partial charge in [0.25, 0.3) is 0 Å². The first-order valence-corrected chi connectivity index (χ1v) is 10.4. The van der Waals surface area contributed by atoms with Crippen molar-refractivity contribution in [2.75, 3.05) is 19.6 Å².